The van der Waals surface area contributed by atoms with Crippen LogP contribution in [0.15, 0.2) is 35.3 Å². The number of carbonyl (C=O) groups excluding carboxylic acids is 2. The highest BCUT2D eigenvalue weighted by Crippen LogP contribution is 2.20. The van der Waals surface area contributed by atoms with Crippen LogP contribution in [0.25, 0.3) is 0 Å². The summed E-state index contributed by atoms with van der Waals surface area (Å²) in [5.41, 5.74) is 0.404. The normalized spacial score (nSPS) is 20.6. The quantitative estimate of drug-likeness (QED) is 0.302. The van der Waals surface area contributed by atoms with Crippen LogP contribution in [0, 0.1) is 0 Å². The lowest BCUT2D eigenvalue weighted by Gasteiger charge is -2.19. The summed E-state index contributed by atoms with van der Waals surface area (Å²) in [7, 11) is 1.71. The van der Waals surface area contributed by atoms with Gasteiger partial charge in [-0.2, -0.15) is 0 Å². The highest BCUT2D eigenvalue weighted by Gasteiger charge is 2.45. The highest BCUT2D eigenvalue weighted by molar-refractivity contribution is 6.06. The third kappa shape index (κ3) is 4.71. The fraction of sp³-hybridized carbons (Fsp3) is 0.500. The number of benzene rings is 1. The van der Waals surface area contributed by atoms with Gasteiger partial charge in [-0.1, -0.05) is 37.3 Å². The van der Waals surface area contributed by atoms with E-state index in [9.17, 15) is 9.59 Å². The number of hydrogen-bond acceptors (Lipinski definition) is 3. The van der Waals surface area contributed by atoms with Crippen molar-refractivity contribution in [1.82, 2.24) is 20.9 Å². The lowest BCUT2D eigenvalue weighted by atomic mass is 9.99. The molecule has 136 valence electrons. The number of urea groups is 1. The topological polar surface area (TPSA) is 85.8 Å². The zero-order chi connectivity index (χ0) is 18.3. The molecule has 1 saturated heterocycles. The standard InChI is InChI=1S/C18H27N5O2/c1-4-18(2)15(24)23(17(25)22-18)12-8-11-20-16(19-3)21-13-14-9-6-5-7-10-14/h5-7,9-10H,4,8,11-13H2,1-3H3,(H,22,25)(H2,19,20,21). The van der Waals surface area contributed by atoms with Crippen LogP contribution < -0.4 is 16.0 Å². The van der Waals surface area contributed by atoms with Gasteiger partial charge < -0.3 is 16.0 Å². The van der Waals surface area contributed by atoms with E-state index in [0.717, 1.165) is 0 Å². The molecule has 1 heterocycles. The molecular weight excluding hydrogens is 318 g/mol. The molecule has 0 spiro atoms. The Bertz CT molecular complexity index is 632. The molecule has 25 heavy (non-hydrogen) atoms. The minimum absolute atomic E-state index is 0.147. The fourth-order valence-corrected chi connectivity index (χ4v) is 2.64. The maximum atomic E-state index is 12.3. The van der Waals surface area contributed by atoms with Gasteiger partial charge in [-0.25, -0.2) is 4.79 Å². The van der Waals surface area contributed by atoms with Crippen LogP contribution in [0.1, 0.15) is 32.3 Å². The van der Waals surface area contributed by atoms with Crippen LogP contribution in [-0.2, 0) is 11.3 Å². The number of imide groups is 1. The van der Waals surface area contributed by atoms with Crippen molar-refractivity contribution in [1.29, 1.82) is 0 Å². The first kappa shape index (κ1) is 18.8. The Morgan fingerprint density at radius 2 is 1.96 bits per heavy atom. The lowest BCUT2D eigenvalue weighted by Crippen LogP contribution is -2.43. The molecule has 1 atom stereocenters. The van der Waals surface area contributed by atoms with E-state index >= 15 is 0 Å². The Kier molecular flexibility index (Phi) is 6.38. The van der Waals surface area contributed by atoms with E-state index in [2.05, 4.69) is 20.9 Å². The first-order valence-electron chi connectivity index (χ1n) is 8.62. The maximum Gasteiger partial charge on any atom is 0.325 e. The van der Waals surface area contributed by atoms with Crippen LogP contribution in [0.5, 0.6) is 0 Å². The Labute approximate surface area is 148 Å². The summed E-state index contributed by atoms with van der Waals surface area (Å²) in [4.78, 5) is 29.7. The Balaban J connectivity index is 1.73. The summed E-state index contributed by atoms with van der Waals surface area (Å²) in [5, 5.41) is 9.19. The molecule has 1 aliphatic heterocycles. The number of guanidine groups is 1. The first-order chi connectivity index (χ1) is 12.0. The van der Waals surface area contributed by atoms with Gasteiger partial charge in [0.2, 0.25) is 0 Å². The van der Waals surface area contributed by atoms with Crippen molar-refractivity contribution < 1.29 is 9.59 Å². The molecule has 0 radical (unpaired) electrons. The van der Waals surface area contributed by atoms with Crippen molar-refractivity contribution in [2.75, 3.05) is 20.1 Å². The monoisotopic (exact) mass is 345 g/mol. The van der Waals surface area contributed by atoms with Crippen molar-refractivity contribution in [3.05, 3.63) is 35.9 Å². The summed E-state index contributed by atoms with van der Waals surface area (Å²) >= 11 is 0. The summed E-state index contributed by atoms with van der Waals surface area (Å²) < 4.78 is 0. The summed E-state index contributed by atoms with van der Waals surface area (Å²) in [6.45, 7) is 5.35. The van der Waals surface area contributed by atoms with Gasteiger partial charge in [0.05, 0.1) is 0 Å². The number of amides is 3. The van der Waals surface area contributed by atoms with Crippen molar-refractivity contribution >= 4 is 17.9 Å². The van der Waals surface area contributed by atoms with Gasteiger partial charge in [-0.15, -0.1) is 0 Å². The smallest absolute Gasteiger partial charge is 0.325 e. The molecule has 2 rings (SSSR count). The Morgan fingerprint density at radius 1 is 1.24 bits per heavy atom. The van der Waals surface area contributed by atoms with Gasteiger partial charge in [0.25, 0.3) is 5.91 Å². The molecule has 1 fully saturated rings. The van der Waals surface area contributed by atoms with E-state index in [1.165, 1.54) is 10.5 Å². The van der Waals surface area contributed by atoms with Crippen LogP contribution >= 0.6 is 0 Å². The van der Waals surface area contributed by atoms with Gasteiger partial charge in [-0.05, 0) is 25.3 Å². The second-order valence-corrected chi connectivity index (χ2v) is 6.26. The fourth-order valence-electron chi connectivity index (χ4n) is 2.64. The van der Waals surface area contributed by atoms with E-state index in [0.29, 0.717) is 38.4 Å². The van der Waals surface area contributed by atoms with Gasteiger partial charge in [0.15, 0.2) is 5.96 Å². The number of aliphatic imine (C=N–C) groups is 1. The van der Waals surface area contributed by atoms with Crippen LogP contribution in [0.4, 0.5) is 4.79 Å². The van der Waals surface area contributed by atoms with E-state index in [4.69, 9.17) is 0 Å². The molecule has 0 aromatic heterocycles. The highest BCUT2D eigenvalue weighted by atomic mass is 16.2. The molecule has 1 aromatic carbocycles. The molecule has 1 aromatic rings. The average Bonchev–Trinajstić information content (AvgIpc) is 2.85. The molecule has 3 N–H and O–H groups in total. The number of nitrogens with one attached hydrogen (secondary N) is 3. The molecule has 7 nitrogen and oxygen atoms in total. The Hall–Kier alpha value is -2.57. The van der Waals surface area contributed by atoms with Crippen molar-refractivity contribution in [2.24, 2.45) is 4.99 Å². The van der Waals surface area contributed by atoms with Gasteiger partial charge in [0, 0.05) is 26.7 Å². The number of carbonyl (C=O) groups is 2. The van der Waals surface area contributed by atoms with Crippen molar-refractivity contribution in [3.63, 3.8) is 0 Å². The largest absolute Gasteiger partial charge is 0.356 e. The number of hydrogen-bond donors (Lipinski definition) is 3. The third-order valence-corrected chi connectivity index (χ3v) is 4.43. The van der Waals surface area contributed by atoms with Gasteiger partial charge in [-0.3, -0.25) is 14.7 Å². The second kappa shape index (κ2) is 8.50. The minimum atomic E-state index is -0.766. The van der Waals surface area contributed by atoms with Crippen molar-refractivity contribution in [3.8, 4) is 0 Å². The summed E-state index contributed by atoms with van der Waals surface area (Å²) in [5.74, 6) is 0.547. The average molecular weight is 345 g/mol. The summed E-state index contributed by atoms with van der Waals surface area (Å²) in [6, 6.07) is 9.76. The molecule has 0 bridgehead atoms. The van der Waals surface area contributed by atoms with Gasteiger partial charge >= 0.3 is 6.03 Å². The van der Waals surface area contributed by atoms with Crippen LogP contribution in [-0.4, -0.2) is 48.5 Å². The number of nitrogens with zero attached hydrogens (tertiary/aromatic N) is 2. The number of rotatable bonds is 7. The predicted molar refractivity (Wildman–Crippen MR) is 98.2 cm³/mol. The van der Waals surface area contributed by atoms with Crippen molar-refractivity contribution in [2.45, 2.75) is 38.8 Å². The van der Waals surface area contributed by atoms with Crippen LogP contribution in [0.2, 0.25) is 0 Å². The minimum Gasteiger partial charge on any atom is -0.356 e. The lowest BCUT2D eigenvalue weighted by molar-refractivity contribution is -0.130. The van der Waals surface area contributed by atoms with E-state index < -0.39 is 5.54 Å². The zero-order valence-corrected chi connectivity index (χ0v) is 15.1. The molecule has 3 amide bonds. The van der Waals surface area contributed by atoms with Gasteiger partial charge in [0.1, 0.15) is 5.54 Å². The van der Waals surface area contributed by atoms with E-state index in [-0.39, 0.29) is 11.9 Å². The molecular formula is C18H27N5O2. The van der Waals surface area contributed by atoms with E-state index in [1.807, 2.05) is 37.3 Å². The summed E-state index contributed by atoms with van der Waals surface area (Å²) in [6.07, 6.45) is 1.24. The molecule has 1 unspecified atom stereocenters. The third-order valence-electron chi connectivity index (χ3n) is 4.43. The second-order valence-electron chi connectivity index (χ2n) is 6.26. The molecule has 0 saturated carbocycles. The predicted octanol–water partition coefficient (Wildman–Crippen LogP) is 1.46. The molecule has 0 aliphatic carbocycles. The maximum absolute atomic E-state index is 12.3. The SMILES string of the molecule is CCC1(C)NC(=O)N(CCCNC(=NC)NCc2ccccc2)C1=O. The Morgan fingerprint density at radius 3 is 2.56 bits per heavy atom. The van der Waals surface area contributed by atoms with Crippen LogP contribution in [0.3, 0.4) is 0 Å². The molecule has 1 aliphatic rings. The van der Waals surface area contributed by atoms with E-state index in [1.54, 1.807) is 14.0 Å². The zero-order valence-electron chi connectivity index (χ0n) is 15.1. The molecule has 7 heteroatoms. The first-order valence-corrected chi connectivity index (χ1v) is 8.62.